The van der Waals surface area contributed by atoms with Crippen molar-refractivity contribution >= 4 is 82.9 Å². The molecule has 5 aliphatic heterocycles. The molecule has 136 heavy (non-hydrogen) atoms. The van der Waals surface area contributed by atoms with Crippen LogP contribution in [0.5, 0.6) is 0 Å². The molecule has 788 valence electrons. The van der Waals surface area contributed by atoms with Crippen molar-refractivity contribution in [1.82, 2.24) is 42.1 Å². The minimum atomic E-state index is -1.20. The first-order chi connectivity index (χ1) is 64.2. The normalized spacial score (nSPS) is 27.0. The van der Waals surface area contributed by atoms with Crippen LogP contribution in [0.15, 0.2) is 0 Å². The number of Topliss-reactive ketones (excluding diaryl/α,β-unsaturated/α-hetero) is 1. The highest BCUT2D eigenvalue weighted by atomic mass is 16.7. The van der Waals surface area contributed by atoms with E-state index in [4.69, 9.17) is 64.4 Å². The fraction of sp³-hybridized carbons (Fsp3) is 0.860. The number of ether oxygens (including phenoxy) is 13. The van der Waals surface area contributed by atoms with E-state index in [2.05, 4.69) is 105 Å². The molecule has 0 spiro atoms. The van der Waals surface area contributed by atoms with Crippen LogP contribution < -0.4 is 37.2 Å². The quantitative estimate of drug-likeness (QED) is 0.0159. The Kier molecular flexibility index (Phi) is 62.5. The van der Waals surface area contributed by atoms with Crippen molar-refractivity contribution < 1.29 is 135 Å². The van der Waals surface area contributed by atoms with Gasteiger partial charge in [0.25, 0.3) is 0 Å². The Labute approximate surface area is 815 Å². The first-order valence-corrected chi connectivity index (χ1v) is 49.1. The van der Waals surface area contributed by atoms with Gasteiger partial charge in [-0.1, -0.05) is 105 Å². The van der Waals surface area contributed by atoms with Crippen molar-refractivity contribution in [1.29, 1.82) is 1.43 Å². The van der Waals surface area contributed by atoms with Gasteiger partial charge in [-0.15, -0.1) is 0 Å². The largest absolute Gasteiger partial charge is 0.463 e. The summed E-state index contributed by atoms with van der Waals surface area (Å²) in [4.78, 5) is 184. The van der Waals surface area contributed by atoms with Crippen molar-refractivity contribution in [3.05, 3.63) is 0 Å². The zero-order valence-electron chi connectivity index (χ0n) is 85.1. The molecule has 0 radical (unpaired) electrons. The van der Waals surface area contributed by atoms with Crippen LogP contribution in [-0.4, -0.2) is 267 Å². The van der Waals surface area contributed by atoms with Gasteiger partial charge >= 0.3 is 29.8 Å². The van der Waals surface area contributed by atoms with Crippen molar-refractivity contribution in [2.24, 2.45) is 71.0 Å². The van der Waals surface area contributed by atoms with Crippen molar-refractivity contribution in [2.45, 2.75) is 394 Å². The Morgan fingerprint density at radius 1 is 0.368 bits per heavy atom. The van der Waals surface area contributed by atoms with Crippen molar-refractivity contribution in [2.75, 3.05) is 92.7 Å². The molecule has 5 rings (SSSR count). The predicted octanol–water partition coefficient (Wildman–Crippen LogP) is 11.1. The summed E-state index contributed by atoms with van der Waals surface area (Å²) in [5.41, 5.74) is 0. The third kappa shape index (κ3) is 47.6. The number of likely N-dealkylation sites (tertiary alicyclic amines) is 1. The number of carbonyl (C=O) groups excluding carboxylic acids is 14. The Bertz CT molecular complexity index is 3580. The van der Waals surface area contributed by atoms with E-state index in [1.54, 1.807) is 0 Å². The third-order valence-corrected chi connectivity index (χ3v) is 27.2. The molecule has 0 aromatic heterocycles. The highest BCUT2D eigenvalue weighted by Gasteiger charge is 2.45. The van der Waals surface area contributed by atoms with E-state index >= 15 is 0 Å². The van der Waals surface area contributed by atoms with Crippen LogP contribution in [0, 0.1) is 71.0 Å². The number of hydrogen-bond donors (Lipinski definition) is 8. The number of esters is 5. The highest BCUT2D eigenvalue weighted by Crippen LogP contribution is 2.40. The second kappa shape index (κ2) is 69.3. The maximum absolute atomic E-state index is 14.9. The lowest BCUT2D eigenvalue weighted by atomic mass is 9.79. The third-order valence-electron chi connectivity index (χ3n) is 27.2. The molecule has 8 N–H and O–H groups in total. The predicted molar refractivity (Wildman–Crippen MR) is 513 cm³/mol. The second-order valence-corrected chi connectivity index (χ2v) is 37.4. The molecule has 5 saturated heterocycles. The maximum atomic E-state index is 14.9. The van der Waals surface area contributed by atoms with Crippen LogP contribution in [0.4, 0.5) is 0 Å². The average Bonchev–Trinajstić information content (AvgIpc) is 1.16. The molecule has 36 nitrogen and oxygen atoms in total. The lowest BCUT2D eigenvalue weighted by Gasteiger charge is -2.43. The SMILES string of the molecule is C.C.C.[2H]C[C@@H]1C[C@@H](OC(=O)CCC(C)=O)CN1C(=O)CCCNC(=O)C(CCCCNC(=O)C(CCCCNC(=O)CCCCO[C@@H]1OC(COC(C)=O)[C@H](C)[C@H](C)C1C)NC(=O)CCCCO[C@@H]1OC(COC(C)=O)[C@H](C)[C@H](C)C1C)NC(=O)C(CCCCNC(=O)CCCCO[C@@H]1OC(COC(C)=O)[C@H](C)[C@H](C)C1C)NC(=O)CCCCO[C@@H]1OC(COC(C)=O)[C@H](C)[C@H](C)C1C.[3H]OC. The lowest BCUT2D eigenvalue weighted by molar-refractivity contribution is -0.255. The van der Waals surface area contributed by atoms with Gasteiger partial charge in [0.05, 0.1) is 37.4 Å². The maximum Gasteiger partial charge on any atom is 0.306 e. The van der Waals surface area contributed by atoms with Gasteiger partial charge in [-0.25, -0.2) is 0 Å². The second-order valence-electron chi connectivity index (χ2n) is 37.4. The minimum Gasteiger partial charge on any atom is -0.463 e. The lowest BCUT2D eigenvalue weighted by Crippen LogP contribution is -2.54. The van der Waals surface area contributed by atoms with E-state index < -0.39 is 97.0 Å². The zero-order valence-corrected chi connectivity index (χ0v) is 83.1. The van der Waals surface area contributed by atoms with E-state index in [9.17, 15) is 67.1 Å². The number of aliphatic hydroxyl groups excluding tert-OH is 1. The molecule has 0 aromatic carbocycles. The molecule has 0 aliphatic carbocycles. The number of hydrogen-bond acceptors (Lipinski definition) is 28. The van der Waals surface area contributed by atoms with Gasteiger partial charge in [-0.05, 0) is 177 Å². The van der Waals surface area contributed by atoms with Crippen LogP contribution in [0.3, 0.4) is 0 Å². The van der Waals surface area contributed by atoms with Gasteiger partial charge in [0.2, 0.25) is 48.7 Å². The molecule has 5 aliphatic rings. The monoisotopic (exact) mass is 1940 g/mol. The Hall–Kier alpha value is -7.58. The summed E-state index contributed by atoms with van der Waals surface area (Å²) in [7, 11) is 1.29. The van der Waals surface area contributed by atoms with E-state index in [1.165, 1.54) is 46.6 Å². The van der Waals surface area contributed by atoms with Gasteiger partial charge in [-0.3, -0.25) is 62.3 Å². The number of rotatable bonds is 61. The summed E-state index contributed by atoms with van der Waals surface area (Å²) in [6.45, 7) is 34.1. The van der Waals surface area contributed by atoms with Crippen LogP contribution >= 0.6 is 0 Å². The molecular formula is C100H180N8O28. The van der Waals surface area contributed by atoms with Crippen LogP contribution in [0.25, 0.3) is 0 Å². The standard InChI is InChI=1S/C96H164N8O27.CH4O.3CH4/c1-58-52-76(127-89(115)43-42-59(2)105)53-104(58)88(114)41-33-47-100-91(117)78(103-92(118)79(102-87(113)40-25-32-51-122-96-71(14)63(6)67(10)83(131-96)57-126-75(18)109)36-20-27-45-98-85(111)38-23-30-49-120-94-69(12)61(4)65(8)81(129-94)55-124-73(16)107)35-21-28-46-99-90(116)77(101-86(112)39-24-31-50-121-95-70(13)62(5)66(9)82(130-95)56-125-74(17)108)34-19-26-44-97-84(110)37-22-29-48-119-93-68(11)60(3)64(7)80(128-93)54-123-72(15)106;1-2;;;/h58,60-71,76-83,93-96H,19-57H2,1-18H3,(H,97,110)(H,98,111)(H,99,116)(H,100,117)(H,101,112)(H,102,113)(H,103,118);2H,1H3;3*1H4/t58-,60+,61+,62+,63+,64-,65-,66-,67-,68?,69?,70?,71?,76-,77?,78?,79?,80?,81?,82?,83?,93-,94-,95-,96-;;;;/m1..../s1/i1D;2T;;;. The number of nitrogens with one attached hydrogen (secondary N) is 7. The molecule has 8 amide bonds. The van der Waals surface area contributed by atoms with E-state index in [0.29, 0.717) is 103 Å². The van der Waals surface area contributed by atoms with Crippen LogP contribution in [0.1, 0.15) is 315 Å². The summed E-state index contributed by atoms with van der Waals surface area (Å²) in [5.74, 6) is -3.85. The van der Waals surface area contributed by atoms with Crippen LogP contribution in [-0.2, 0) is 129 Å². The van der Waals surface area contributed by atoms with Crippen molar-refractivity contribution in [3.63, 3.8) is 0 Å². The molecule has 25 atom stereocenters. The fourth-order valence-corrected chi connectivity index (χ4v) is 17.1. The zero-order chi connectivity index (χ0) is 100. The molecule has 11 unspecified atom stereocenters. The first kappa shape index (κ1) is 123. The average molecular weight is 1950 g/mol. The summed E-state index contributed by atoms with van der Waals surface area (Å²) in [6.07, 6.45) is 3.45. The smallest absolute Gasteiger partial charge is 0.306 e. The van der Waals surface area contributed by atoms with Crippen molar-refractivity contribution in [3.8, 4) is 0 Å². The van der Waals surface area contributed by atoms with E-state index in [-0.39, 0.29) is 315 Å². The van der Waals surface area contributed by atoms with E-state index in [1.807, 2.05) is 20.8 Å². The Balaban J connectivity index is 0.0000157. The number of amides is 8. The summed E-state index contributed by atoms with van der Waals surface area (Å²) < 4.78 is 90.3. The van der Waals surface area contributed by atoms with E-state index in [0.717, 1.165) is 0 Å². The number of nitrogens with zero attached hydrogens (tertiary/aromatic N) is 1. The first-order valence-electron chi connectivity index (χ1n) is 50.2. The van der Waals surface area contributed by atoms with Gasteiger partial charge in [-0.2, -0.15) is 0 Å². The number of aliphatic hydroxyl groups is 1. The van der Waals surface area contributed by atoms with Crippen LogP contribution in [0.2, 0.25) is 0 Å². The molecule has 0 saturated carbocycles. The van der Waals surface area contributed by atoms with Gasteiger partial charge in [0.1, 0.15) is 56.4 Å². The Morgan fingerprint density at radius 2 is 0.669 bits per heavy atom. The van der Waals surface area contributed by atoms with Gasteiger partial charge < -0.3 is 114 Å². The highest BCUT2D eigenvalue weighted by molar-refractivity contribution is 5.92. The summed E-state index contributed by atoms with van der Waals surface area (Å²) in [6, 6.07) is -3.86. The number of unbranched alkanes of at least 4 members (excludes halogenated alkanes) is 7. The summed E-state index contributed by atoms with van der Waals surface area (Å²) >= 11 is 0. The molecule has 5 heterocycles. The number of ketones is 1. The topological polar surface area (TPSA) is 467 Å². The molecular weight excluding hydrogens is 1760 g/mol. The Morgan fingerprint density at radius 3 is 0.985 bits per heavy atom. The number of carbonyl (C=O) groups is 14. The molecule has 5 fully saturated rings. The molecule has 0 bridgehead atoms. The molecule has 36 heteroatoms. The minimum absolute atomic E-state index is 0. The summed E-state index contributed by atoms with van der Waals surface area (Å²) in [5, 5.41) is 24.0. The van der Waals surface area contributed by atoms with Gasteiger partial charge in [0.15, 0.2) is 25.2 Å². The fourth-order valence-electron chi connectivity index (χ4n) is 17.1. The van der Waals surface area contributed by atoms with Gasteiger partial charge in [0, 0.05) is 163 Å². The molecule has 0 aromatic rings.